The van der Waals surface area contributed by atoms with Crippen LogP contribution in [0.25, 0.3) is 0 Å². The van der Waals surface area contributed by atoms with Crippen molar-refractivity contribution >= 4 is 0 Å². The van der Waals surface area contributed by atoms with E-state index < -0.39 is 0 Å². The number of hydrogen-bond acceptors (Lipinski definition) is 2. The first kappa shape index (κ1) is 14.6. The Hall–Kier alpha value is -1.80. The highest BCUT2D eigenvalue weighted by Crippen LogP contribution is 2.34. The zero-order chi connectivity index (χ0) is 14.2. The van der Waals surface area contributed by atoms with Crippen LogP contribution >= 0.6 is 0 Å². The van der Waals surface area contributed by atoms with E-state index in [1.807, 2.05) is 12.1 Å². The van der Waals surface area contributed by atoms with E-state index in [-0.39, 0.29) is 0 Å². The fourth-order valence-corrected chi connectivity index (χ4v) is 2.46. The number of hydrogen-bond donors (Lipinski definition) is 0. The summed E-state index contributed by atoms with van der Waals surface area (Å²) < 4.78 is 10.9. The molecule has 0 amide bonds. The van der Waals surface area contributed by atoms with E-state index in [4.69, 9.17) is 9.47 Å². The molecule has 0 saturated heterocycles. The van der Waals surface area contributed by atoms with Crippen molar-refractivity contribution in [2.24, 2.45) is 0 Å². The first-order valence-corrected chi connectivity index (χ1v) is 7.12. The van der Waals surface area contributed by atoms with Crippen molar-refractivity contribution in [1.29, 1.82) is 0 Å². The molecule has 20 heavy (non-hydrogen) atoms. The lowest BCUT2D eigenvalue weighted by Crippen LogP contribution is -2.08. The zero-order valence-corrected chi connectivity index (χ0v) is 12.2. The Labute approximate surface area is 121 Å². The minimum atomic E-state index is 0.370. The lowest BCUT2D eigenvalue weighted by molar-refractivity contribution is 0.145. The highest BCUT2D eigenvalue weighted by molar-refractivity contribution is 5.42. The third-order valence-electron chi connectivity index (χ3n) is 3.45. The molecule has 0 aliphatic heterocycles. The Kier molecular flexibility index (Phi) is 5.63. The number of methoxy groups -OCH3 is 1. The van der Waals surface area contributed by atoms with Gasteiger partial charge in [0.15, 0.2) is 0 Å². The summed E-state index contributed by atoms with van der Waals surface area (Å²) in [6.45, 7) is 3.40. The van der Waals surface area contributed by atoms with E-state index in [9.17, 15) is 0 Å². The van der Waals surface area contributed by atoms with E-state index >= 15 is 0 Å². The minimum absolute atomic E-state index is 0.370. The van der Waals surface area contributed by atoms with Crippen LogP contribution in [-0.4, -0.2) is 20.3 Å². The molecule has 0 aliphatic carbocycles. The fourth-order valence-electron chi connectivity index (χ4n) is 2.46. The van der Waals surface area contributed by atoms with Crippen molar-refractivity contribution in [2.75, 3.05) is 20.3 Å². The van der Waals surface area contributed by atoms with Gasteiger partial charge in [-0.05, 0) is 18.1 Å². The van der Waals surface area contributed by atoms with Crippen LogP contribution in [0, 0.1) is 0 Å². The molecule has 0 aromatic heterocycles. The molecule has 0 heterocycles. The Bertz CT molecular complexity index is 508. The van der Waals surface area contributed by atoms with Crippen molar-refractivity contribution in [3.8, 4) is 5.75 Å². The van der Waals surface area contributed by atoms with Crippen LogP contribution in [0.5, 0.6) is 5.75 Å². The van der Waals surface area contributed by atoms with Crippen LogP contribution < -0.4 is 4.74 Å². The molecule has 106 valence electrons. The van der Waals surface area contributed by atoms with Gasteiger partial charge in [-0.1, -0.05) is 55.5 Å². The molecule has 0 N–H and O–H groups in total. The smallest absolute Gasteiger partial charge is 0.123 e. The van der Waals surface area contributed by atoms with Gasteiger partial charge in [-0.3, -0.25) is 0 Å². The van der Waals surface area contributed by atoms with E-state index in [1.165, 1.54) is 11.1 Å². The van der Waals surface area contributed by atoms with Gasteiger partial charge in [0.05, 0.1) is 6.61 Å². The quantitative estimate of drug-likeness (QED) is 0.700. The van der Waals surface area contributed by atoms with Crippen LogP contribution in [0.15, 0.2) is 54.6 Å². The summed E-state index contributed by atoms with van der Waals surface area (Å²) in [5.74, 6) is 1.33. The molecule has 1 atom stereocenters. The summed E-state index contributed by atoms with van der Waals surface area (Å²) in [6.07, 6.45) is 1.05. The summed E-state index contributed by atoms with van der Waals surface area (Å²) in [5, 5.41) is 0. The monoisotopic (exact) mass is 270 g/mol. The van der Waals surface area contributed by atoms with Crippen LogP contribution in [0.4, 0.5) is 0 Å². The maximum absolute atomic E-state index is 5.86. The Balaban J connectivity index is 2.25. The zero-order valence-electron chi connectivity index (χ0n) is 12.2. The average molecular weight is 270 g/mol. The number of benzene rings is 2. The fraction of sp³-hybridized carbons (Fsp3) is 0.333. The van der Waals surface area contributed by atoms with Crippen molar-refractivity contribution in [1.82, 2.24) is 0 Å². The van der Waals surface area contributed by atoms with Crippen molar-refractivity contribution in [3.05, 3.63) is 65.7 Å². The summed E-state index contributed by atoms with van der Waals surface area (Å²) in [5.41, 5.74) is 2.58. The average Bonchev–Trinajstić information content (AvgIpc) is 2.51. The predicted molar refractivity (Wildman–Crippen MR) is 82.4 cm³/mol. The molecule has 0 aliphatic rings. The second-order valence-electron chi connectivity index (χ2n) is 4.75. The highest BCUT2D eigenvalue weighted by atomic mass is 16.5. The lowest BCUT2D eigenvalue weighted by atomic mass is 9.88. The van der Waals surface area contributed by atoms with E-state index in [0.717, 1.165) is 12.2 Å². The molecule has 2 heteroatoms. The molecular formula is C18H22O2. The third-order valence-corrected chi connectivity index (χ3v) is 3.45. The van der Waals surface area contributed by atoms with Crippen molar-refractivity contribution in [3.63, 3.8) is 0 Å². The van der Waals surface area contributed by atoms with Crippen LogP contribution in [0.1, 0.15) is 30.4 Å². The topological polar surface area (TPSA) is 18.5 Å². The first-order chi connectivity index (χ1) is 9.86. The molecule has 2 aromatic carbocycles. The highest BCUT2D eigenvalue weighted by Gasteiger charge is 2.16. The van der Waals surface area contributed by atoms with Gasteiger partial charge in [-0.25, -0.2) is 0 Å². The van der Waals surface area contributed by atoms with Gasteiger partial charge in [-0.2, -0.15) is 0 Å². The van der Waals surface area contributed by atoms with Gasteiger partial charge >= 0.3 is 0 Å². The summed E-state index contributed by atoms with van der Waals surface area (Å²) in [7, 11) is 1.69. The Morgan fingerprint density at radius 2 is 1.60 bits per heavy atom. The summed E-state index contributed by atoms with van der Waals surface area (Å²) >= 11 is 0. The van der Waals surface area contributed by atoms with Crippen molar-refractivity contribution < 1.29 is 9.47 Å². The van der Waals surface area contributed by atoms with Gasteiger partial charge in [0, 0.05) is 18.6 Å². The Morgan fingerprint density at radius 3 is 2.30 bits per heavy atom. The van der Waals surface area contributed by atoms with Crippen LogP contribution in [0.3, 0.4) is 0 Å². The molecular weight excluding hydrogens is 248 g/mol. The van der Waals surface area contributed by atoms with Crippen LogP contribution in [-0.2, 0) is 4.74 Å². The maximum Gasteiger partial charge on any atom is 0.123 e. The largest absolute Gasteiger partial charge is 0.491 e. The molecule has 2 rings (SSSR count). The van der Waals surface area contributed by atoms with Gasteiger partial charge in [0.25, 0.3) is 0 Å². The van der Waals surface area contributed by atoms with Gasteiger partial charge in [0.2, 0.25) is 0 Å². The number of ether oxygens (including phenoxy) is 2. The number of rotatable bonds is 7. The molecule has 0 saturated carbocycles. The Morgan fingerprint density at radius 1 is 0.900 bits per heavy atom. The first-order valence-electron chi connectivity index (χ1n) is 7.12. The van der Waals surface area contributed by atoms with E-state index in [0.29, 0.717) is 19.1 Å². The van der Waals surface area contributed by atoms with Crippen molar-refractivity contribution in [2.45, 2.75) is 19.3 Å². The molecule has 1 unspecified atom stereocenters. The lowest BCUT2D eigenvalue weighted by Gasteiger charge is -2.19. The van der Waals surface area contributed by atoms with Gasteiger partial charge < -0.3 is 9.47 Å². The third kappa shape index (κ3) is 3.61. The number of para-hydroxylation sites is 1. The molecule has 0 fully saturated rings. The van der Waals surface area contributed by atoms with Crippen LogP contribution in [0.2, 0.25) is 0 Å². The molecule has 2 aromatic rings. The SMILES string of the molecule is CCC(c1ccccc1)c1ccccc1OCCOC. The summed E-state index contributed by atoms with van der Waals surface area (Å²) in [6, 6.07) is 18.9. The molecule has 0 spiro atoms. The normalized spacial score (nSPS) is 12.1. The second-order valence-corrected chi connectivity index (χ2v) is 4.75. The van der Waals surface area contributed by atoms with Gasteiger partial charge in [0.1, 0.15) is 12.4 Å². The predicted octanol–water partition coefficient (Wildman–Crippen LogP) is 4.25. The standard InChI is InChI=1S/C18H22O2/c1-3-16(15-9-5-4-6-10-15)17-11-7-8-12-18(17)20-14-13-19-2/h4-12,16H,3,13-14H2,1-2H3. The molecule has 2 nitrogen and oxygen atoms in total. The van der Waals surface area contributed by atoms with Gasteiger partial charge in [-0.15, -0.1) is 0 Å². The summed E-state index contributed by atoms with van der Waals surface area (Å²) in [4.78, 5) is 0. The second kappa shape index (κ2) is 7.71. The van der Waals surface area contributed by atoms with E-state index in [2.05, 4.69) is 49.4 Å². The molecule has 0 radical (unpaired) electrons. The van der Waals surface area contributed by atoms with E-state index in [1.54, 1.807) is 7.11 Å². The molecule has 0 bridgehead atoms. The minimum Gasteiger partial charge on any atom is -0.491 e. The maximum atomic E-state index is 5.86.